The van der Waals surface area contributed by atoms with Crippen LogP contribution in [0.5, 0.6) is 0 Å². The number of β-amino-alcohol motifs (C(OH)–C–C–N with tert-alkyl or cyclic N) is 1. The largest absolute Gasteiger partial charge is 0.395 e. The summed E-state index contributed by atoms with van der Waals surface area (Å²) in [7, 11) is 0. The number of aliphatic hydroxyl groups is 1. The lowest BCUT2D eigenvalue weighted by Gasteiger charge is -2.36. The van der Waals surface area contributed by atoms with E-state index in [0.717, 1.165) is 42.6 Å². The summed E-state index contributed by atoms with van der Waals surface area (Å²) >= 11 is 1.89. The van der Waals surface area contributed by atoms with Crippen LogP contribution in [0.15, 0.2) is 53.4 Å². The lowest BCUT2D eigenvalue weighted by atomic mass is 10.2. The van der Waals surface area contributed by atoms with Crippen molar-refractivity contribution in [2.45, 2.75) is 18.5 Å². The van der Waals surface area contributed by atoms with Crippen LogP contribution in [0.2, 0.25) is 0 Å². The zero-order valence-corrected chi connectivity index (χ0v) is 15.8. The van der Waals surface area contributed by atoms with E-state index in [0.29, 0.717) is 6.54 Å². The van der Waals surface area contributed by atoms with Crippen molar-refractivity contribution in [3.05, 3.63) is 54.1 Å². The van der Waals surface area contributed by atoms with Gasteiger partial charge in [-0.05, 0) is 31.2 Å². The average Bonchev–Trinajstić information content (AvgIpc) is 3.03. The minimum Gasteiger partial charge on any atom is -0.395 e. The van der Waals surface area contributed by atoms with E-state index in [9.17, 15) is 5.11 Å². The highest BCUT2D eigenvalue weighted by atomic mass is 32.2. The monoisotopic (exact) mass is 368 g/mol. The van der Waals surface area contributed by atoms with Gasteiger partial charge in [0.05, 0.1) is 31.0 Å². The zero-order chi connectivity index (χ0) is 17.9. The highest BCUT2D eigenvalue weighted by Gasteiger charge is 2.25. The van der Waals surface area contributed by atoms with Gasteiger partial charge in [-0.1, -0.05) is 29.8 Å². The Morgan fingerprint density at radius 3 is 2.65 bits per heavy atom. The van der Waals surface area contributed by atoms with Gasteiger partial charge >= 0.3 is 0 Å². The van der Waals surface area contributed by atoms with Crippen LogP contribution < -0.4 is 4.90 Å². The number of anilines is 1. The molecule has 0 radical (unpaired) electrons. The number of hydrogen-bond donors (Lipinski definition) is 1. The molecule has 0 amide bonds. The number of rotatable bonds is 6. The molecule has 0 fully saturated rings. The fourth-order valence-corrected chi connectivity index (χ4v) is 4.27. The van der Waals surface area contributed by atoms with Crippen LogP contribution in [0.25, 0.3) is 11.0 Å². The van der Waals surface area contributed by atoms with Crippen LogP contribution in [-0.4, -0.2) is 51.7 Å². The predicted octanol–water partition coefficient (Wildman–Crippen LogP) is 3.17. The Labute approximate surface area is 158 Å². The van der Waals surface area contributed by atoms with Gasteiger partial charge in [0.25, 0.3) is 0 Å². The molecule has 0 saturated carbocycles. The van der Waals surface area contributed by atoms with E-state index in [1.54, 1.807) is 0 Å². The molecular weight excluding hydrogens is 344 g/mol. The number of aromatic nitrogens is 2. The summed E-state index contributed by atoms with van der Waals surface area (Å²) < 4.78 is 2.25. The molecule has 1 aliphatic rings. The summed E-state index contributed by atoms with van der Waals surface area (Å²) in [6.07, 6.45) is 0. The van der Waals surface area contributed by atoms with Crippen LogP contribution >= 0.6 is 11.8 Å². The van der Waals surface area contributed by atoms with Crippen molar-refractivity contribution in [2.24, 2.45) is 0 Å². The number of benzene rings is 2. The number of hydrogen-bond acceptors (Lipinski definition) is 5. The average molecular weight is 369 g/mol. The Kier molecular flexibility index (Phi) is 5.15. The molecule has 2 aromatic carbocycles. The molecule has 2 heterocycles. The number of thioether (sulfide) groups is 1. The zero-order valence-electron chi connectivity index (χ0n) is 15.0. The first-order chi connectivity index (χ1) is 12.7. The molecule has 6 heteroatoms. The molecule has 136 valence electrons. The molecular formula is C20H24N4OS. The van der Waals surface area contributed by atoms with Gasteiger partial charge in [-0.15, -0.1) is 11.8 Å². The summed E-state index contributed by atoms with van der Waals surface area (Å²) in [5, 5.41) is 9.45. The molecule has 0 spiro atoms. The fourth-order valence-electron chi connectivity index (χ4n) is 3.35. The number of aliphatic hydroxyl groups excluding tert-OH is 1. The van der Waals surface area contributed by atoms with Crippen molar-refractivity contribution in [2.75, 3.05) is 37.0 Å². The summed E-state index contributed by atoms with van der Waals surface area (Å²) in [5.41, 5.74) is 3.46. The van der Waals surface area contributed by atoms with Gasteiger partial charge in [-0.3, -0.25) is 9.47 Å². The van der Waals surface area contributed by atoms with Crippen LogP contribution in [0.3, 0.4) is 0 Å². The minimum atomic E-state index is 0.134. The topological polar surface area (TPSA) is 44.5 Å². The lowest BCUT2D eigenvalue weighted by molar-refractivity contribution is 0.201. The number of aryl methyl sites for hydroxylation is 1. The Hall–Kier alpha value is -2.02. The third-order valence-corrected chi connectivity index (χ3v) is 5.69. The second kappa shape index (κ2) is 7.70. The second-order valence-corrected chi connectivity index (χ2v) is 7.82. The van der Waals surface area contributed by atoms with Gasteiger partial charge in [-0.25, -0.2) is 4.98 Å². The molecule has 26 heavy (non-hydrogen) atoms. The van der Waals surface area contributed by atoms with Gasteiger partial charge in [0, 0.05) is 23.7 Å². The van der Waals surface area contributed by atoms with Gasteiger partial charge in [0.15, 0.2) is 0 Å². The van der Waals surface area contributed by atoms with Gasteiger partial charge in [0.2, 0.25) is 5.95 Å². The maximum Gasteiger partial charge on any atom is 0.208 e. The van der Waals surface area contributed by atoms with E-state index in [4.69, 9.17) is 4.98 Å². The van der Waals surface area contributed by atoms with Crippen molar-refractivity contribution in [3.8, 4) is 0 Å². The summed E-state index contributed by atoms with van der Waals surface area (Å²) in [5.74, 6) is 2.00. The number of para-hydroxylation sites is 2. The summed E-state index contributed by atoms with van der Waals surface area (Å²) in [6.45, 7) is 5.49. The van der Waals surface area contributed by atoms with Crippen LogP contribution in [-0.2, 0) is 6.67 Å². The maximum atomic E-state index is 9.45. The maximum absolute atomic E-state index is 9.45. The summed E-state index contributed by atoms with van der Waals surface area (Å²) in [4.78, 5) is 10.7. The van der Waals surface area contributed by atoms with E-state index in [2.05, 4.69) is 63.8 Å². The Morgan fingerprint density at radius 2 is 1.85 bits per heavy atom. The Balaban J connectivity index is 1.47. The third kappa shape index (κ3) is 3.58. The fraction of sp³-hybridized carbons (Fsp3) is 0.350. The van der Waals surface area contributed by atoms with Gasteiger partial charge in [0.1, 0.15) is 0 Å². The number of nitrogens with zero attached hydrogens (tertiary/aromatic N) is 4. The van der Waals surface area contributed by atoms with E-state index < -0.39 is 0 Å². The third-order valence-electron chi connectivity index (χ3n) is 4.70. The molecule has 0 atom stereocenters. The molecule has 0 bridgehead atoms. The quantitative estimate of drug-likeness (QED) is 0.677. The highest BCUT2D eigenvalue weighted by Crippen LogP contribution is 2.27. The number of imidazole rings is 1. The molecule has 0 unspecified atom stereocenters. The summed E-state index contributed by atoms with van der Waals surface area (Å²) in [6, 6.07) is 17.0. The van der Waals surface area contributed by atoms with Crippen molar-refractivity contribution in [1.82, 2.24) is 14.5 Å². The SMILES string of the molecule is Cc1ccc(SCCN2CN(CCO)c3nc4ccccc4n3C2)cc1. The molecule has 4 rings (SSSR count). The van der Waals surface area contributed by atoms with Crippen molar-refractivity contribution in [1.29, 1.82) is 0 Å². The van der Waals surface area contributed by atoms with Gasteiger partial charge < -0.3 is 10.0 Å². The molecule has 5 nitrogen and oxygen atoms in total. The minimum absolute atomic E-state index is 0.134. The lowest BCUT2D eigenvalue weighted by Crippen LogP contribution is -2.46. The number of fused-ring (bicyclic) bond motifs is 3. The first-order valence-corrected chi connectivity index (χ1v) is 9.96. The van der Waals surface area contributed by atoms with E-state index in [1.807, 2.05) is 17.8 Å². The van der Waals surface area contributed by atoms with E-state index in [-0.39, 0.29) is 6.61 Å². The molecule has 1 aliphatic heterocycles. The Morgan fingerprint density at radius 1 is 1.04 bits per heavy atom. The predicted molar refractivity (Wildman–Crippen MR) is 108 cm³/mol. The van der Waals surface area contributed by atoms with E-state index in [1.165, 1.54) is 10.5 Å². The smallest absolute Gasteiger partial charge is 0.208 e. The molecule has 0 aliphatic carbocycles. The van der Waals surface area contributed by atoms with Crippen LogP contribution in [0.1, 0.15) is 5.56 Å². The standard InChI is InChI=1S/C20H24N4OS/c1-16-6-8-17(9-7-16)26-13-11-22-14-23(10-12-25)20-21-18-4-2-3-5-19(18)24(20)15-22/h2-9,25H,10-15H2,1H3. The van der Waals surface area contributed by atoms with Crippen molar-refractivity contribution >= 4 is 28.7 Å². The van der Waals surface area contributed by atoms with Crippen molar-refractivity contribution in [3.63, 3.8) is 0 Å². The second-order valence-electron chi connectivity index (χ2n) is 6.65. The molecule has 3 aromatic rings. The van der Waals surface area contributed by atoms with E-state index >= 15 is 0 Å². The van der Waals surface area contributed by atoms with Crippen molar-refractivity contribution < 1.29 is 5.11 Å². The molecule has 1 aromatic heterocycles. The highest BCUT2D eigenvalue weighted by molar-refractivity contribution is 7.99. The molecule has 1 N–H and O–H groups in total. The van der Waals surface area contributed by atoms with Crippen LogP contribution in [0, 0.1) is 6.92 Å². The first kappa shape index (κ1) is 17.4. The van der Waals surface area contributed by atoms with Crippen LogP contribution in [0.4, 0.5) is 5.95 Å². The Bertz CT molecular complexity index is 877. The normalized spacial score (nSPS) is 14.8. The first-order valence-electron chi connectivity index (χ1n) is 8.97. The van der Waals surface area contributed by atoms with Gasteiger partial charge in [-0.2, -0.15) is 0 Å². The molecule has 0 saturated heterocycles.